The average Bonchev–Trinajstić information content (AvgIpc) is 3.23. The average molecular weight is 487 g/mol. The lowest BCUT2D eigenvalue weighted by Crippen LogP contribution is -2.41. The Hall–Kier alpha value is -3.34. The highest BCUT2D eigenvalue weighted by atomic mass is 16.7. The number of anilines is 1. The SMILES string of the molecule is CC1(C)c2ccccc2-c2ccc(-c3cccc(N)c3-c3ccc(B4OC(C)(C)C(C)(C)O4)cc3)cc21. The zero-order valence-electron chi connectivity index (χ0n) is 22.6. The third-order valence-electron chi connectivity index (χ3n) is 8.72. The van der Waals surface area contributed by atoms with E-state index in [4.69, 9.17) is 15.0 Å². The summed E-state index contributed by atoms with van der Waals surface area (Å²) in [5.41, 5.74) is 17.4. The summed E-state index contributed by atoms with van der Waals surface area (Å²) < 4.78 is 12.5. The molecule has 0 spiro atoms. The smallest absolute Gasteiger partial charge is 0.399 e. The number of nitrogen functional groups attached to an aromatic ring is 1. The molecule has 6 rings (SSSR count). The maximum Gasteiger partial charge on any atom is 0.494 e. The normalized spacial score (nSPS) is 18.5. The molecule has 3 nitrogen and oxygen atoms in total. The number of rotatable bonds is 3. The van der Waals surface area contributed by atoms with E-state index in [0.29, 0.717) is 0 Å². The second-order valence-electron chi connectivity index (χ2n) is 11.9. The van der Waals surface area contributed by atoms with Crippen LogP contribution in [0.5, 0.6) is 0 Å². The Morgan fingerprint density at radius 1 is 0.595 bits per heavy atom. The van der Waals surface area contributed by atoms with Crippen molar-refractivity contribution in [2.45, 2.75) is 58.2 Å². The van der Waals surface area contributed by atoms with Crippen LogP contribution in [0.25, 0.3) is 33.4 Å². The van der Waals surface area contributed by atoms with E-state index in [1.54, 1.807) is 0 Å². The van der Waals surface area contributed by atoms with Crippen LogP contribution < -0.4 is 11.2 Å². The van der Waals surface area contributed by atoms with Crippen LogP contribution in [0.15, 0.2) is 84.9 Å². The second kappa shape index (κ2) is 8.08. The van der Waals surface area contributed by atoms with Crippen LogP contribution in [-0.4, -0.2) is 18.3 Å². The fraction of sp³-hybridized carbons (Fsp3) is 0.273. The van der Waals surface area contributed by atoms with Crippen LogP contribution in [0, 0.1) is 0 Å². The molecule has 1 heterocycles. The minimum atomic E-state index is -0.382. The Balaban J connectivity index is 1.39. The molecule has 0 saturated carbocycles. The molecule has 1 fully saturated rings. The standard InChI is InChI=1S/C33H34BNO2/c1-31(2)27-12-8-7-10-25(27)26-19-16-22(20-28(26)31)24-11-9-13-29(35)30(24)21-14-17-23(18-15-21)34-36-32(3,4)33(5,6)37-34/h7-20H,35H2,1-6H3. The number of hydrogen-bond donors (Lipinski definition) is 1. The van der Waals surface area contributed by atoms with E-state index < -0.39 is 0 Å². The van der Waals surface area contributed by atoms with Crippen molar-refractivity contribution >= 4 is 18.3 Å². The molecule has 0 radical (unpaired) electrons. The number of fused-ring (bicyclic) bond motifs is 3. The zero-order valence-corrected chi connectivity index (χ0v) is 22.6. The van der Waals surface area contributed by atoms with Crippen LogP contribution in [0.3, 0.4) is 0 Å². The molecule has 2 N–H and O–H groups in total. The van der Waals surface area contributed by atoms with Crippen LogP contribution in [0.1, 0.15) is 52.7 Å². The van der Waals surface area contributed by atoms with Gasteiger partial charge in [0.1, 0.15) is 0 Å². The maximum atomic E-state index is 6.61. The Kier molecular flexibility index (Phi) is 5.25. The highest BCUT2D eigenvalue weighted by molar-refractivity contribution is 6.62. The van der Waals surface area contributed by atoms with Gasteiger partial charge in [-0.1, -0.05) is 86.6 Å². The largest absolute Gasteiger partial charge is 0.494 e. The van der Waals surface area contributed by atoms with Crippen molar-refractivity contribution in [1.82, 2.24) is 0 Å². The summed E-state index contributed by atoms with van der Waals surface area (Å²) in [5.74, 6) is 0. The Labute approximate surface area is 220 Å². The van der Waals surface area contributed by atoms with E-state index >= 15 is 0 Å². The van der Waals surface area contributed by atoms with Gasteiger partial charge in [0.05, 0.1) is 11.2 Å². The molecule has 1 aliphatic heterocycles. The van der Waals surface area contributed by atoms with E-state index in [1.165, 1.54) is 27.8 Å². The summed E-state index contributed by atoms with van der Waals surface area (Å²) >= 11 is 0. The van der Waals surface area contributed by atoms with Crippen molar-refractivity contribution in [3.63, 3.8) is 0 Å². The molecule has 0 atom stereocenters. The maximum absolute atomic E-state index is 6.61. The van der Waals surface area contributed by atoms with Gasteiger partial charge < -0.3 is 15.0 Å². The van der Waals surface area contributed by atoms with Gasteiger partial charge in [0, 0.05) is 16.7 Å². The topological polar surface area (TPSA) is 44.5 Å². The van der Waals surface area contributed by atoms with E-state index in [-0.39, 0.29) is 23.7 Å². The van der Waals surface area contributed by atoms with E-state index in [0.717, 1.165) is 27.8 Å². The van der Waals surface area contributed by atoms with Crippen molar-refractivity contribution in [2.75, 3.05) is 5.73 Å². The molecule has 0 bridgehead atoms. The Bertz CT molecular complexity index is 1500. The third-order valence-corrected chi connectivity index (χ3v) is 8.72. The first kappa shape index (κ1) is 24.0. The van der Waals surface area contributed by atoms with Gasteiger partial charge in [0.2, 0.25) is 0 Å². The predicted octanol–water partition coefficient (Wildman–Crippen LogP) is 7.21. The van der Waals surface area contributed by atoms with Crippen molar-refractivity contribution in [2.24, 2.45) is 0 Å². The molecule has 0 amide bonds. The number of nitrogens with two attached hydrogens (primary N) is 1. The summed E-state index contributed by atoms with van der Waals surface area (Å²) in [6.07, 6.45) is 0. The molecular weight excluding hydrogens is 453 g/mol. The number of benzene rings is 4. The van der Waals surface area contributed by atoms with Gasteiger partial charge in [-0.3, -0.25) is 0 Å². The third kappa shape index (κ3) is 3.66. The van der Waals surface area contributed by atoms with Gasteiger partial charge in [-0.15, -0.1) is 0 Å². The molecule has 4 aromatic rings. The molecule has 4 aromatic carbocycles. The van der Waals surface area contributed by atoms with Gasteiger partial charge in [0.25, 0.3) is 0 Å². The summed E-state index contributed by atoms with van der Waals surface area (Å²) in [4.78, 5) is 0. The molecule has 0 unspecified atom stereocenters. The lowest BCUT2D eigenvalue weighted by atomic mass is 9.78. The van der Waals surface area contributed by atoms with E-state index in [9.17, 15) is 0 Å². The van der Waals surface area contributed by atoms with Gasteiger partial charge in [-0.25, -0.2) is 0 Å². The fourth-order valence-electron chi connectivity index (χ4n) is 5.79. The monoisotopic (exact) mass is 487 g/mol. The van der Waals surface area contributed by atoms with Crippen LogP contribution in [0.4, 0.5) is 5.69 Å². The summed E-state index contributed by atoms with van der Waals surface area (Å²) in [7, 11) is -0.382. The van der Waals surface area contributed by atoms with Gasteiger partial charge >= 0.3 is 7.12 Å². The van der Waals surface area contributed by atoms with Gasteiger partial charge in [-0.2, -0.15) is 0 Å². The fourth-order valence-corrected chi connectivity index (χ4v) is 5.79. The molecule has 0 aromatic heterocycles. The van der Waals surface area contributed by atoms with Crippen molar-refractivity contribution in [3.05, 3.63) is 96.1 Å². The first-order chi connectivity index (χ1) is 17.5. The van der Waals surface area contributed by atoms with Crippen LogP contribution in [0.2, 0.25) is 0 Å². The minimum absolute atomic E-state index is 0.0487. The lowest BCUT2D eigenvalue weighted by molar-refractivity contribution is 0.00578. The van der Waals surface area contributed by atoms with Gasteiger partial charge in [-0.05, 0) is 84.2 Å². The summed E-state index contributed by atoms with van der Waals surface area (Å²) in [5, 5.41) is 0. The minimum Gasteiger partial charge on any atom is -0.399 e. The van der Waals surface area contributed by atoms with E-state index in [1.807, 2.05) is 12.1 Å². The Morgan fingerprint density at radius 2 is 1.19 bits per heavy atom. The summed E-state index contributed by atoms with van der Waals surface area (Å²) in [6, 6.07) is 30.2. The molecule has 1 saturated heterocycles. The van der Waals surface area contributed by atoms with Crippen molar-refractivity contribution in [3.8, 4) is 33.4 Å². The van der Waals surface area contributed by atoms with E-state index in [2.05, 4.69) is 114 Å². The van der Waals surface area contributed by atoms with Crippen LogP contribution >= 0.6 is 0 Å². The first-order valence-electron chi connectivity index (χ1n) is 13.1. The lowest BCUT2D eigenvalue weighted by Gasteiger charge is -2.32. The Morgan fingerprint density at radius 3 is 1.89 bits per heavy atom. The molecule has 37 heavy (non-hydrogen) atoms. The van der Waals surface area contributed by atoms with Crippen molar-refractivity contribution < 1.29 is 9.31 Å². The van der Waals surface area contributed by atoms with Crippen LogP contribution in [-0.2, 0) is 14.7 Å². The molecule has 2 aliphatic rings. The first-order valence-corrected chi connectivity index (χ1v) is 13.1. The molecule has 186 valence electrons. The predicted molar refractivity (Wildman–Crippen MR) is 155 cm³/mol. The highest BCUT2D eigenvalue weighted by Gasteiger charge is 2.51. The van der Waals surface area contributed by atoms with Gasteiger partial charge in [0.15, 0.2) is 0 Å². The highest BCUT2D eigenvalue weighted by Crippen LogP contribution is 2.50. The molecule has 4 heteroatoms. The summed E-state index contributed by atoms with van der Waals surface area (Å²) in [6.45, 7) is 12.9. The van der Waals surface area contributed by atoms with Crippen molar-refractivity contribution in [1.29, 1.82) is 0 Å². The second-order valence-corrected chi connectivity index (χ2v) is 11.9. The quantitative estimate of drug-likeness (QED) is 0.245. The number of hydrogen-bond acceptors (Lipinski definition) is 3. The molecular formula is C33H34BNO2. The molecule has 1 aliphatic carbocycles. The zero-order chi connectivity index (χ0) is 26.2.